The van der Waals surface area contributed by atoms with Gasteiger partial charge in [0.1, 0.15) is 30.5 Å². The lowest BCUT2D eigenvalue weighted by Gasteiger charge is -2.47. The van der Waals surface area contributed by atoms with Crippen LogP contribution in [0.5, 0.6) is 0 Å². The molecule has 1 amide bonds. The van der Waals surface area contributed by atoms with Crippen LogP contribution >= 0.6 is 11.3 Å². The van der Waals surface area contributed by atoms with Gasteiger partial charge in [-0.15, -0.1) is 11.3 Å². The molecule has 3 aliphatic heterocycles. The fourth-order valence-corrected chi connectivity index (χ4v) is 9.36. The van der Waals surface area contributed by atoms with Crippen LogP contribution in [0, 0.1) is 35.5 Å². The second kappa shape index (κ2) is 17.8. The maximum absolute atomic E-state index is 14.4. The number of pyridine rings is 1. The van der Waals surface area contributed by atoms with Crippen LogP contribution in [-0.4, -0.2) is 113 Å². The van der Waals surface area contributed by atoms with E-state index in [4.69, 9.17) is 23.7 Å². The lowest BCUT2D eigenvalue weighted by atomic mass is 9.73. The van der Waals surface area contributed by atoms with Gasteiger partial charge in [-0.1, -0.05) is 45.6 Å². The Morgan fingerprint density at radius 1 is 1.04 bits per heavy atom. The fraction of sp³-hybridized carbons (Fsp3) is 0.643. The molecule has 306 valence electrons. The van der Waals surface area contributed by atoms with Crippen molar-refractivity contribution < 1.29 is 48.0 Å². The first kappa shape index (κ1) is 43.4. The van der Waals surface area contributed by atoms with E-state index in [9.17, 15) is 24.3 Å². The van der Waals surface area contributed by atoms with Gasteiger partial charge in [-0.2, -0.15) is 0 Å². The van der Waals surface area contributed by atoms with E-state index in [1.807, 2.05) is 56.3 Å². The number of carbonyl (C=O) groups excluding carboxylic acids is 4. The Morgan fingerprint density at radius 2 is 1.77 bits per heavy atom. The predicted molar refractivity (Wildman–Crippen MR) is 209 cm³/mol. The molecule has 13 atom stereocenters. The molecule has 0 aromatic carbocycles. The average Bonchev–Trinajstić information content (AvgIpc) is 3.77. The zero-order valence-corrected chi connectivity index (χ0v) is 34.9. The standard InChI is InChI=1S/C42H57N3O10S/c1-11-32-42(8)36(44-40(50)55-42)25(4)33(46)23(2)22-41(7,51-20-14-15-28-17-18-31(56-28)29-16-12-13-19-43-29)37(26(5)34(47)27(6)38(49)53-32)54-39-35(48)30(45(9)10)21-24(3)52-39/h12-13,16-19,23-27,30,32,35-37,39,48H,11,20-22H2,1-10H3,(H,44,50)/t23-,24-,25+,26+,27+,30+,32-,35-,36-,37-,39+,41-,42-/m1/s1. The molecule has 5 rings (SSSR count). The van der Waals surface area contributed by atoms with Crippen molar-refractivity contribution in [3.63, 3.8) is 0 Å². The summed E-state index contributed by atoms with van der Waals surface area (Å²) in [5.74, 6) is 1.04. The third-order valence-electron chi connectivity index (χ3n) is 11.7. The highest BCUT2D eigenvalue weighted by Crippen LogP contribution is 2.40. The number of aromatic nitrogens is 1. The van der Waals surface area contributed by atoms with Crippen molar-refractivity contribution in [1.29, 1.82) is 0 Å². The van der Waals surface area contributed by atoms with E-state index >= 15 is 0 Å². The molecule has 0 aliphatic carbocycles. The Balaban J connectivity index is 1.55. The number of hydrogen-bond donors (Lipinski definition) is 2. The highest BCUT2D eigenvalue weighted by molar-refractivity contribution is 7.16. The summed E-state index contributed by atoms with van der Waals surface area (Å²) in [6.07, 6.45) is -2.75. The molecule has 3 aliphatic rings. The number of esters is 1. The van der Waals surface area contributed by atoms with Crippen molar-refractivity contribution in [2.75, 3.05) is 20.7 Å². The number of alkyl carbamates (subject to hydrolysis) is 1. The molecule has 0 unspecified atom stereocenters. The van der Waals surface area contributed by atoms with Crippen LogP contribution in [0.25, 0.3) is 10.6 Å². The lowest BCUT2D eigenvalue weighted by Crippen LogP contribution is -2.60. The molecular formula is C42H57N3O10S. The van der Waals surface area contributed by atoms with E-state index in [0.717, 1.165) is 15.4 Å². The first-order valence-electron chi connectivity index (χ1n) is 19.5. The second-order valence-electron chi connectivity index (χ2n) is 16.1. The zero-order valence-electron chi connectivity index (χ0n) is 34.1. The second-order valence-corrected chi connectivity index (χ2v) is 17.2. The number of aliphatic hydroxyl groups is 1. The molecule has 56 heavy (non-hydrogen) atoms. The number of Topliss-reactive ketones (excluding diaryl/α,β-unsaturated/α-hetero) is 2. The van der Waals surface area contributed by atoms with E-state index in [2.05, 4.69) is 22.1 Å². The third-order valence-corrected chi connectivity index (χ3v) is 12.7. The van der Waals surface area contributed by atoms with Crippen LogP contribution < -0.4 is 5.32 Å². The van der Waals surface area contributed by atoms with Crippen molar-refractivity contribution in [3.05, 3.63) is 41.4 Å². The van der Waals surface area contributed by atoms with Crippen molar-refractivity contribution in [2.45, 2.75) is 129 Å². The number of likely N-dealkylation sites (N-methyl/N-ethyl adjacent to an activating group) is 1. The zero-order chi connectivity index (χ0) is 41.1. The number of cyclic esters (lactones) is 1. The first-order chi connectivity index (χ1) is 26.4. The minimum atomic E-state index is -1.40. The quantitative estimate of drug-likeness (QED) is 0.219. The summed E-state index contributed by atoms with van der Waals surface area (Å²) in [6.45, 7) is 13.6. The molecule has 0 saturated carbocycles. The third kappa shape index (κ3) is 9.19. The number of thiophene rings is 1. The maximum atomic E-state index is 14.4. The number of hydrogen-bond acceptors (Lipinski definition) is 13. The number of carbonyl (C=O) groups is 4. The summed E-state index contributed by atoms with van der Waals surface area (Å²) in [6, 6.07) is 8.42. The number of nitrogens with one attached hydrogen (secondary N) is 1. The Labute approximate surface area is 334 Å². The number of fused-ring (bicyclic) bond motifs is 1. The lowest BCUT2D eigenvalue weighted by molar-refractivity contribution is -0.296. The van der Waals surface area contributed by atoms with Crippen LogP contribution in [0.4, 0.5) is 4.79 Å². The van der Waals surface area contributed by atoms with Gasteiger partial charge in [-0.3, -0.25) is 19.4 Å². The number of amides is 1. The molecule has 2 aromatic rings. The number of ether oxygens (including phenoxy) is 5. The molecule has 14 heteroatoms. The summed E-state index contributed by atoms with van der Waals surface area (Å²) in [7, 11) is 3.73. The molecular weight excluding hydrogens is 739 g/mol. The van der Waals surface area contributed by atoms with Crippen molar-refractivity contribution >= 4 is 35.0 Å². The van der Waals surface area contributed by atoms with E-state index in [1.165, 1.54) is 18.3 Å². The van der Waals surface area contributed by atoms with Crippen molar-refractivity contribution in [2.24, 2.45) is 23.7 Å². The number of rotatable bonds is 7. The topological polar surface area (TPSA) is 163 Å². The normalized spacial score (nSPS) is 37.1. The monoisotopic (exact) mass is 795 g/mol. The Morgan fingerprint density at radius 3 is 2.43 bits per heavy atom. The van der Waals surface area contributed by atoms with E-state index < -0.39 is 83.4 Å². The largest absolute Gasteiger partial charge is 0.458 e. The minimum Gasteiger partial charge on any atom is -0.458 e. The van der Waals surface area contributed by atoms with Gasteiger partial charge in [-0.25, -0.2) is 4.79 Å². The van der Waals surface area contributed by atoms with Crippen LogP contribution in [0.3, 0.4) is 0 Å². The number of ketones is 2. The summed E-state index contributed by atoms with van der Waals surface area (Å²) in [5.41, 5.74) is -1.95. The van der Waals surface area contributed by atoms with Gasteiger partial charge in [-0.05, 0) is 85.3 Å². The van der Waals surface area contributed by atoms with Gasteiger partial charge in [0, 0.05) is 30.0 Å². The number of aliphatic hydroxyl groups excluding tert-OH is 1. The maximum Gasteiger partial charge on any atom is 0.408 e. The molecule has 0 spiro atoms. The molecule has 2 N–H and O–H groups in total. The van der Waals surface area contributed by atoms with E-state index in [1.54, 1.807) is 47.7 Å². The Hall–Kier alpha value is -3.71. The van der Waals surface area contributed by atoms with Crippen LogP contribution in [0.1, 0.15) is 79.5 Å². The SMILES string of the molecule is CC[C@H]1OC(=O)[C@@H](C)C(=O)[C@H](C)[C@@H](O[C@@H]2O[C@H](C)C[C@H](N(C)C)[C@H]2O)[C@](C)(OCC#Cc2ccc(-c3ccccn3)s2)C[C@@H](C)C(=O)[C@H](C)[C@H]2NC(=O)O[C@@]21C. The number of nitrogens with zero attached hydrogens (tertiary/aromatic N) is 2. The highest BCUT2D eigenvalue weighted by Gasteiger charge is 2.57. The summed E-state index contributed by atoms with van der Waals surface area (Å²) >= 11 is 1.49. The summed E-state index contributed by atoms with van der Waals surface area (Å²) in [5, 5.41) is 14.4. The van der Waals surface area contributed by atoms with Crippen LogP contribution in [-0.2, 0) is 38.1 Å². The molecule has 2 aromatic heterocycles. The first-order valence-corrected chi connectivity index (χ1v) is 20.3. The molecule has 0 bridgehead atoms. The van der Waals surface area contributed by atoms with Gasteiger partial charge >= 0.3 is 12.1 Å². The average molecular weight is 796 g/mol. The van der Waals surface area contributed by atoms with Gasteiger partial charge in [0.25, 0.3) is 0 Å². The van der Waals surface area contributed by atoms with E-state index in [0.29, 0.717) is 6.42 Å². The van der Waals surface area contributed by atoms with Crippen molar-refractivity contribution in [1.82, 2.24) is 15.2 Å². The molecule has 0 radical (unpaired) electrons. The minimum absolute atomic E-state index is 0.0622. The summed E-state index contributed by atoms with van der Waals surface area (Å²) < 4.78 is 31.3. The Bertz CT molecular complexity index is 1790. The van der Waals surface area contributed by atoms with E-state index in [-0.39, 0.29) is 37.4 Å². The molecule has 5 heterocycles. The van der Waals surface area contributed by atoms with Gasteiger partial charge in [0.15, 0.2) is 17.7 Å². The predicted octanol–water partition coefficient (Wildman–Crippen LogP) is 5.02. The highest BCUT2D eigenvalue weighted by atomic mass is 32.1. The van der Waals surface area contributed by atoms with Crippen LogP contribution in [0.2, 0.25) is 0 Å². The Kier molecular flexibility index (Phi) is 13.8. The smallest absolute Gasteiger partial charge is 0.408 e. The van der Waals surface area contributed by atoms with Crippen molar-refractivity contribution in [3.8, 4) is 22.4 Å². The fourth-order valence-electron chi connectivity index (χ4n) is 8.50. The van der Waals surface area contributed by atoms with Gasteiger partial charge < -0.3 is 39.0 Å². The molecule has 3 fully saturated rings. The molecule has 13 nitrogen and oxygen atoms in total. The van der Waals surface area contributed by atoms with Gasteiger partial charge in [0.05, 0.1) is 39.3 Å². The van der Waals surface area contributed by atoms with Crippen LogP contribution in [0.15, 0.2) is 36.5 Å². The summed E-state index contributed by atoms with van der Waals surface area (Å²) in [4.78, 5) is 63.5. The molecule has 3 saturated heterocycles. The van der Waals surface area contributed by atoms with Gasteiger partial charge in [0.2, 0.25) is 0 Å².